The largest absolute Gasteiger partial charge is 0.438 e. The molecule has 0 aliphatic carbocycles. The van der Waals surface area contributed by atoms with Crippen molar-refractivity contribution in [3.05, 3.63) is 17.0 Å². The molecule has 94 valence electrons. The molecule has 0 saturated carbocycles. The number of guanidine groups is 1. The number of furan rings is 1. The number of carbonyl (C=O) groups excluding carboxylic acids is 1. The van der Waals surface area contributed by atoms with Crippen molar-refractivity contribution in [1.82, 2.24) is 4.98 Å². The summed E-state index contributed by atoms with van der Waals surface area (Å²) in [6.07, 6.45) is 0.550. The van der Waals surface area contributed by atoms with Gasteiger partial charge < -0.3 is 15.9 Å². The topological polar surface area (TPSA) is 120 Å². The molecule has 2 heterocycles. The predicted molar refractivity (Wildman–Crippen MR) is 69.7 cm³/mol. The fourth-order valence-corrected chi connectivity index (χ4v) is 2.08. The third-order valence-electron chi connectivity index (χ3n) is 2.07. The number of amides is 1. The van der Waals surface area contributed by atoms with Crippen LogP contribution < -0.4 is 16.8 Å². The summed E-state index contributed by atoms with van der Waals surface area (Å²) in [5.41, 5.74) is 12.0. The first-order valence-electron chi connectivity index (χ1n) is 4.96. The molecular formula is C10H11N5O2S. The zero-order valence-electron chi connectivity index (χ0n) is 9.51. The Morgan fingerprint density at radius 2 is 2.39 bits per heavy atom. The zero-order chi connectivity index (χ0) is 13.1. The van der Waals surface area contributed by atoms with Crippen LogP contribution in [0.25, 0.3) is 11.5 Å². The molecule has 2 aromatic heterocycles. The number of hydrogen-bond donors (Lipinski definition) is 3. The smallest absolute Gasteiger partial charge is 0.213 e. The van der Waals surface area contributed by atoms with Gasteiger partial charge in [0.05, 0.1) is 0 Å². The second kappa shape index (κ2) is 4.88. The molecule has 5 N–H and O–H groups in total. The summed E-state index contributed by atoms with van der Waals surface area (Å²) in [4.78, 5) is 18.4. The normalized spacial score (nSPS) is 10.1. The van der Waals surface area contributed by atoms with Gasteiger partial charge in [0.1, 0.15) is 5.69 Å². The third-order valence-corrected chi connectivity index (χ3v) is 2.80. The quantitative estimate of drug-likeness (QED) is 0.435. The van der Waals surface area contributed by atoms with Crippen LogP contribution >= 0.6 is 11.3 Å². The van der Waals surface area contributed by atoms with Crippen LogP contribution in [0.4, 0.5) is 11.0 Å². The van der Waals surface area contributed by atoms with Crippen LogP contribution in [-0.4, -0.2) is 17.4 Å². The number of thiazole rings is 1. The lowest BCUT2D eigenvalue weighted by Gasteiger charge is -1.92. The minimum atomic E-state index is -0.0459. The molecule has 0 aliphatic heterocycles. The van der Waals surface area contributed by atoms with Crippen molar-refractivity contribution in [2.45, 2.75) is 6.92 Å². The summed E-state index contributed by atoms with van der Waals surface area (Å²) in [6.45, 7) is 1.86. The summed E-state index contributed by atoms with van der Waals surface area (Å²) in [5.74, 6) is 0.900. The number of nitrogens with zero attached hydrogens (tertiary/aromatic N) is 2. The van der Waals surface area contributed by atoms with Crippen molar-refractivity contribution in [2.75, 3.05) is 5.32 Å². The van der Waals surface area contributed by atoms with Crippen molar-refractivity contribution in [2.24, 2.45) is 16.5 Å². The number of hydrogen-bond acceptors (Lipinski definition) is 5. The van der Waals surface area contributed by atoms with Crippen molar-refractivity contribution in [3.63, 3.8) is 0 Å². The first-order chi connectivity index (χ1) is 8.60. The van der Waals surface area contributed by atoms with E-state index < -0.39 is 0 Å². The van der Waals surface area contributed by atoms with Gasteiger partial charge in [-0.3, -0.25) is 10.1 Å². The molecule has 0 radical (unpaired) electrons. The molecule has 0 bridgehead atoms. The Hall–Kier alpha value is -2.35. The van der Waals surface area contributed by atoms with Crippen LogP contribution in [0.2, 0.25) is 0 Å². The number of nitrogens with one attached hydrogen (secondary N) is 1. The van der Waals surface area contributed by atoms with E-state index in [9.17, 15) is 4.79 Å². The maximum atomic E-state index is 10.3. The number of anilines is 1. The van der Waals surface area contributed by atoms with Gasteiger partial charge in [0.2, 0.25) is 11.5 Å². The van der Waals surface area contributed by atoms with Gasteiger partial charge in [-0.2, -0.15) is 4.99 Å². The van der Waals surface area contributed by atoms with Gasteiger partial charge in [-0.05, 0) is 12.5 Å². The molecule has 0 saturated heterocycles. The van der Waals surface area contributed by atoms with Crippen molar-refractivity contribution < 1.29 is 9.21 Å². The Bertz CT molecular complexity index is 597. The molecule has 0 atom stereocenters. The highest BCUT2D eigenvalue weighted by Crippen LogP contribution is 2.32. The number of carbonyl (C=O) groups is 1. The lowest BCUT2D eigenvalue weighted by molar-refractivity contribution is -0.105. The number of nitrogens with two attached hydrogens (primary N) is 2. The Kier molecular flexibility index (Phi) is 3.28. The zero-order valence-corrected chi connectivity index (χ0v) is 10.3. The fourth-order valence-electron chi connectivity index (χ4n) is 1.40. The Morgan fingerprint density at radius 1 is 1.61 bits per heavy atom. The monoisotopic (exact) mass is 265 g/mol. The standard InChI is InChI=1S/C10H11N5O2S/c1-5-2-7(13-4-16)17-8(5)6-3-18-10(14-6)15-9(11)12/h2-4H,1H3,(H,13,16)(H4,11,12,14,15). The Labute approximate surface area is 107 Å². The Balaban J connectivity index is 2.33. The maximum Gasteiger partial charge on any atom is 0.213 e. The number of aromatic nitrogens is 1. The van der Waals surface area contributed by atoms with E-state index in [4.69, 9.17) is 15.9 Å². The van der Waals surface area contributed by atoms with E-state index in [1.165, 1.54) is 11.3 Å². The molecule has 1 amide bonds. The number of aryl methyl sites for hydroxylation is 1. The second-order valence-electron chi connectivity index (χ2n) is 3.44. The molecule has 2 aromatic rings. The highest BCUT2D eigenvalue weighted by atomic mass is 32.1. The van der Waals surface area contributed by atoms with Crippen LogP contribution in [0.3, 0.4) is 0 Å². The lowest BCUT2D eigenvalue weighted by Crippen LogP contribution is -2.21. The van der Waals surface area contributed by atoms with Crippen LogP contribution in [0.1, 0.15) is 5.56 Å². The molecule has 0 fully saturated rings. The SMILES string of the molecule is Cc1cc(NC=O)oc1-c1csc(N=C(N)N)n1. The molecular weight excluding hydrogens is 254 g/mol. The van der Waals surface area contributed by atoms with Gasteiger partial charge in [-0.15, -0.1) is 11.3 Å². The summed E-state index contributed by atoms with van der Waals surface area (Å²) < 4.78 is 5.45. The maximum absolute atomic E-state index is 10.3. The van der Waals surface area contributed by atoms with E-state index >= 15 is 0 Å². The molecule has 0 aliphatic rings. The van der Waals surface area contributed by atoms with E-state index in [0.29, 0.717) is 28.9 Å². The lowest BCUT2D eigenvalue weighted by atomic mass is 10.2. The summed E-state index contributed by atoms with van der Waals surface area (Å²) in [5, 5.41) is 4.66. The predicted octanol–water partition coefficient (Wildman–Crippen LogP) is 1.18. The number of aliphatic imine (C=N–C) groups is 1. The van der Waals surface area contributed by atoms with Gasteiger partial charge in [0.25, 0.3) is 0 Å². The molecule has 0 aromatic carbocycles. The second-order valence-corrected chi connectivity index (χ2v) is 4.27. The Morgan fingerprint density at radius 3 is 3.06 bits per heavy atom. The minimum absolute atomic E-state index is 0.0459. The molecule has 2 rings (SSSR count). The van der Waals surface area contributed by atoms with Crippen LogP contribution in [0, 0.1) is 6.92 Å². The average Bonchev–Trinajstić information content (AvgIpc) is 2.85. The average molecular weight is 265 g/mol. The van der Waals surface area contributed by atoms with Crippen LogP contribution in [0.15, 0.2) is 20.9 Å². The minimum Gasteiger partial charge on any atom is -0.438 e. The highest BCUT2D eigenvalue weighted by Gasteiger charge is 2.13. The van der Waals surface area contributed by atoms with Crippen LogP contribution in [0.5, 0.6) is 0 Å². The first kappa shape index (κ1) is 12.1. The molecule has 0 unspecified atom stereocenters. The summed E-state index contributed by atoms with van der Waals surface area (Å²) in [7, 11) is 0. The van der Waals surface area contributed by atoms with Crippen molar-refractivity contribution in [1.29, 1.82) is 0 Å². The number of rotatable bonds is 4. The third kappa shape index (κ3) is 2.48. The van der Waals surface area contributed by atoms with E-state index in [-0.39, 0.29) is 5.96 Å². The summed E-state index contributed by atoms with van der Waals surface area (Å²) in [6, 6.07) is 1.71. The fraction of sp³-hybridized carbons (Fsp3) is 0.100. The molecule has 0 spiro atoms. The van der Waals surface area contributed by atoms with Gasteiger partial charge in [-0.1, -0.05) is 0 Å². The van der Waals surface area contributed by atoms with Gasteiger partial charge in [0, 0.05) is 11.4 Å². The molecule has 18 heavy (non-hydrogen) atoms. The molecule has 8 heteroatoms. The van der Waals surface area contributed by atoms with Crippen molar-refractivity contribution in [3.8, 4) is 11.5 Å². The highest BCUT2D eigenvalue weighted by molar-refractivity contribution is 7.13. The van der Waals surface area contributed by atoms with E-state index in [1.807, 2.05) is 6.92 Å². The van der Waals surface area contributed by atoms with E-state index in [0.717, 1.165) is 5.56 Å². The van der Waals surface area contributed by atoms with Gasteiger partial charge >= 0.3 is 0 Å². The van der Waals surface area contributed by atoms with Gasteiger partial charge in [-0.25, -0.2) is 4.98 Å². The van der Waals surface area contributed by atoms with Crippen molar-refractivity contribution >= 4 is 34.7 Å². The van der Waals surface area contributed by atoms with Crippen LogP contribution in [-0.2, 0) is 4.79 Å². The van der Waals surface area contributed by atoms with E-state index in [1.54, 1.807) is 11.4 Å². The van der Waals surface area contributed by atoms with E-state index in [2.05, 4.69) is 15.3 Å². The summed E-state index contributed by atoms with van der Waals surface area (Å²) >= 11 is 1.30. The molecule has 7 nitrogen and oxygen atoms in total. The first-order valence-corrected chi connectivity index (χ1v) is 5.84. The van der Waals surface area contributed by atoms with Gasteiger partial charge in [0.15, 0.2) is 17.6 Å².